The maximum atomic E-state index is 5.36. The van der Waals surface area contributed by atoms with Gasteiger partial charge < -0.3 is 0 Å². The predicted octanol–water partition coefficient (Wildman–Crippen LogP) is 3.64. The van der Waals surface area contributed by atoms with E-state index in [1.54, 1.807) is 0 Å². The maximum Gasteiger partial charge on any atom is 0.0245 e. The van der Waals surface area contributed by atoms with E-state index < -0.39 is 0 Å². The monoisotopic (exact) mass is 192 g/mol. The van der Waals surface area contributed by atoms with Crippen molar-refractivity contribution in [3.8, 4) is 23.5 Å². The fraction of sp³-hybridized carbons (Fsp3) is 0.0667. The van der Waals surface area contributed by atoms with Gasteiger partial charge in [-0.05, 0) is 35.7 Å². The van der Waals surface area contributed by atoms with Crippen LogP contribution in [0.3, 0.4) is 0 Å². The van der Waals surface area contributed by atoms with Crippen molar-refractivity contribution in [2.75, 3.05) is 0 Å². The molecule has 0 amide bonds. The molecule has 0 unspecified atom stereocenters. The highest BCUT2D eigenvalue weighted by atomic mass is 14.0. The number of aryl methyl sites for hydroxylation is 1. The molecule has 15 heavy (non-hydrogen) atoms. The summed E-state index contributed by atoms with van der Waals surface area (Å²) >= 11 is 0. The lowest BCUT2D eigenvalue weighted by Gasteiger charge is -2.06. The molecule has 0 aliphatic rings. The van der Waals surface area contributed by atoms with Crippen molar-refractivity contribution < 1.29 is 0 Å². The lowest BCUT2D eigenvalue weighted by Crippen LogP contribution is -1.84. The summed E-state index contributed by atoms with van der Waals surface area (Å²) < 4.78 is 0. The first-order valence-corrected chi connectivity index (χ1v) is 4.94. The van der Waals surface area contributed by atoms with Crippen LogP contribution in [0.2, 0.25) is 0 Å². The van der Waals surface area contributed by atoms with Gasteiger partial charge in [-0.2, -0.15) is 0 Å². The lowest BCUT2D eigenvalue weighted by atomic mass is 9.99. The van der Waals surface area contributed by atoms with E-state index in [-0.39, 0.29) is 0 Å². The van der Waals surface area contributed by atoms with E-state index in [1.807, 2.05) is 30.3 Å². The highest BCUT2D eigenvalue weighted by molar-refractivity contribution is 5.68. The molecule has 0 bridgehead atoms. The Morgan fingerprint density at radius 3 is 2.33 bits per heavy atom. The molecule has 0 saturated heterocycles. The van der Waals surface area contributed by atoms with Crippen LogP contribution in [0.25, 0.3) is 11.1 Å². The maximum absolute atomic E-state index is 5.36. The van der Waals surface area contributed by atoms with Gasteiger partial charge in [0.1, 0.15) is 0 Å². The van der Waals surface area contributed by atoms with Crippen molar-refractivity contribution in [1.29, 1.82) is 0 Å². The first-order chi connectivity index (χ1) is 7.31. The van der Waals surface area contributed by atoms with Gasteiger partial charge in [0.25, 0.3) is 0 Å². The first-order valence-electron chi connectivity index (χ1n) is 4.94. The largest absolute Gasteiger partial charge is 0.115 e. The van der Waals surface area contributed by atoms with Crippen molar-refractivity contribution in [2.45, 2.75) is 6.92 Å². The average molecular weight is 192 g/mol. The molecule has 2 rings (SSSR count). The van der Waals surface area contributed by atoms with Gasteiger partial charge in [-0.25, -0.2) is 0 Å². The third-order valence-electron chi connectivity index (χ3n) is 2.48. The third kappa shape index (κ3) is 1.92. The van der Waals surface area contributed by atoms with E-state index in [0.717, 1.165) is 5.56 Å². The highest BCUT2D eigenvalue weighted by Crippen LogP contribution is 2.23. The molecule has 2 aromatic rings. The van der Waals surface area contributed by atoms with Crippen LogP contribution in [0.5, 0.6) is 0 Å². The van der Waals surface area contributed by atoms with Crippen LogP contribution in [0.15, 0.2) is 48.5 Å². The Bertz CT molecular complexity index is 501. The normalized spacial score (nSPS) is 9.60. The van der Waals surface area contributed by atoms with Gasteiger partial charge >= 0.3 is 0 Å². The molecule has 0 radical (unpaired) electrons. The van der Waals surface area contributed by atoms with Gasteiger partial charge in [0, 0.05) is 5.56 Å². The quantitative estimate of drug-likeness (QED) is 0.605. The summed E-state index contributed by atoms with van der Waals surface area (Å²) in [6.45, 7) is 2.09. The topological polar surface area (TPSA) is 0 Å². The van der Waals surface area contributed by atoms with Crippen LogP contribution < -0.4 is 0 Å². The highest BCUT2D eigenvalue weighted by Gasteiger charge is 2.00. The smallest absolute Gasteiger partial charge is 0.0245 e. The van der Waals surface area contributed by atoms with Crippen molar-refractivity contribution in [1.82, 2.24) is 0 Å². The Labute approximate surface area is 90.6 Å². The summed E-state index contributed by atoms with van der Waals surface area (Å²) in [5.41, 5.74) is 4.64. The van der Waals surface area contributed by atoms with Crippen LogP contribution in [0.4, 0.5) is 0 Å². The van der Waals surface area contributed by atoms with Crippen LogP contribution >= 0.6 is 0 Å². The van der Waals surface area contributed by atoms with E-state index >= 15 is 0 Å². The molecule has 0 aromatic heterocycles. The van der Waals surface area contributed by atoms with Crippen LogP contribution in [-0.2, 0) is 0 Å². The Hall–Kier alpha value is -2.00. The van der Waals surface area contributed by atoms with E-state index in [1.165, 1.54) is 16.7 Å². The molecule has 0 aliphatic heterocycles. The van der Waals surface area contributed by atoms with Crippen LogP contribution in [0.1, 0.15) is 11.1 Å². The second-order valence-electron chi connectivity index (χ2n) is 3.54. The van der Waals surface area contributed by atoms with Crippen LogP contribution in [0, 0.1) is 19.3 Å². The number of terminal acetylenes is 1. The van der Waals surface area contributed by atoms with Gasteiger partial charge in [-0.3, -0.25) is 0 Å². The first kappa shape index (κ1) is 9.55. The standard InChI is InChI=1S/C15H12/c1-3-13-9-10-15(12(2)11-13)14-7-5-4-6-8-14/h1,4-11H,2H3. The van der Waals surface area contributed by atoms with E-state index in [9.17, 15) is 0 Å². The Morgan fingerprint density at radius 1 is 1.00 bits per heavy atom. The minimum absolute atomic E-state index is 0.937. The van der Waals surface area contributed by atoms with Crippen molar-refractivity contribution >= 4 is 0 Å². The van der Waals surface area contributed by atoms with Gasteiger partial charge in [0.15, 0.2) is 0 Å². The molecular weight excluding hydrogens is 180 g/mol. The molecule has 0 N–H and O–H groups in total. The number of rotatable bonds is 1. The SMILES string of the molecule is C#Cc1ccc(-c2ccccc2)c(C)c1. The van der Waals surface area contributed by atoms with Crippen molar-refractivity contribution in [3.05, 3.63) is 59.7 Å². The van der Waals surface area contributed by atoms with Crippen LogP contribution in [-0.4, -0.2) is 0 Å². The summed E-state index contributed by atoms with van der Waals surface area (Å²) in [6, 6.07) is 16.4. The fourth-order valence-electron chi connectivity index (χ4n) is 1.70. The molecule has 0 atom stereocenters. The molecule has 0 nitrogen and oxygen atoms in total. The van der Waals surface area contributed by atoms with Gasteiger partial charge in [-0.1, -0.05) is 42.3 Å². The fourth-order valence-corrected chi connectivity index (χ4v) is 1.70. The zero-order valence-corrected chi connectivity index (χ0v) is 8.70. The number of benzene rings is 2. The molecular formula is C15H12. The molecule has 0 saturated carbocycles. The Morgan fingerprint density at radius 2 is 1.73 bits per heavy atom. The molecule has 0 spiro atoms. The average Bonchev–Trinajstić information content (AvgIpc) is 2.30. The van der Waals surface area contributed by atoms with E-state index in [4.69, 9.17) is 6.42 Å². The lowest BCUT2D eigenvalue weighted by molar-refractivity contribution is 1.44. The predicted molar refractivity (Wildman–Crippen MR) is 64.6 cm³/mol. The van der Waals surface area contributed by atoms with Gasteiger partial charge in [0.05, 0.1) is 0 Å². The summed E-state index contributed by atoms with van der Waals surface area (Å²) in [6.07, 6.45) is 5.36. The van der Waals surface area contributed by atoms with Gasteiger partial charge in [0.2, 0.25) is 0 Å². The second-order valence-corrected chi connectivity index (χ2v) is 3.54. The third-order valence-corrected chi connectivity index (χ3v) is 2.48. The van der Waals surface area contributed by atoms with E-state index in [0.29, 0.717) is 0 Å². The molecule has 0 aliphatic carbocycles. The molecule has 72 valence electrons. The van der Waals surface area contributed by atoms with Crippen molar-refractivity contribution in [3.63, 3.8) is 0 Å². The molecule has 0 heteroatoms. The molecule has 2 aromatic carbocycles. The minimum atomic E-state index is 0.937. The van der Waals surface area contributed by atoms with Crippen molar-refractivity contribution in [2.24, 2.45) is 0 Å². The summed E-state index contributed by atoms with van der Waals surface area (Å²) in [5.74, 6) is 2.65. The summed E-state index contributed by atoms with van der Waals surface area (Å²) in [4.78, 5) is 0. The van der Waals surface area contributed by atoms with Gasteiger partial charge in [-0.15, -0.1) is 6.42 Å². The van der Waals surface area contributed by atoms with E-state index in [2.05, 4.69) is 31.0 Å². The zero-order chi connectivity index (χ0) is 10.7. The second kappa shape index (κ2) is 4.02. The Balaban J connectivity index is 2.52. The summed E-state index contributed by atoms with van der Waals surface area (Å²) in [7, 11) is 0. The zero-order valence-electron chi connectivity index (χ0n) is 8.70. The number of hydrogen-bond acceptors (Lipinski definition) is 0. The summed E-state index contributed by atoms with van der Waals surface area (Å²) in [5, 5.41) is 0. The number of hydrogen-bond donors (Lipinski definition) is 0. The minimum Gasteiger partial charge on any atom is -0.115 e. The Kier molecular flexibility index (Phi) is 2.56. The molecule has 0 heterocycles. The molecule has 0 fully saturated rings.